The smallest absolute Gasteiger partial charge is 0.309 e. The Morgan fingerprint density at radius 1 is 0.900 bits per heavy atom. The molecule has 176 valence electrons. The fourth-order valence-corrected chi connectivity index (χ4v) is 4.88. The predicted octanol–water partition coefficient (Wildman–Crippen LogP) is 7.39. The van der Waals surface area contributed by atoms with Gasteiger partial charge in [-0.15, -0.1) is 0 Å². The molecule has 0 aromatic heterocycles. The lowest BCUT2D eigenvalue weighted by Gasteiger charge is -2.29. The number of hydrogen-bond acceptors (Lipinski definition) is 3. The minimum atomic E-state index is -0.767. The van der Waals surface area contributed by atoms with Crippen molar-refractivity contribution in [2.45, 2.75) is 130 Å². The van der Waals surface area contributed by atoms with E-state index in [9.17, 15) is 14.7 Å². The molecule has 1 fully saturated rings. The molecule has 0 aliphatic heterocycles. The van der Waals surface area contributed by atoms with Gasteiger partial charge in [-0.25, -0.2) is 0 Å². The van der Waals surface area contributed by atoms with Crippen LogP contribution in [0.15, 0.2) is 0 Å². The third-order valence-electron chi connectivity index (χ3n) is 6.71. The van der Waals surface area contributed by atoms with Crippen LogP contribution < -0.4 is 0 Å². The maximum absolute atomic E-state index is 12.9. The van der Waals surface area contributed by atoms with Crippen LogP contribution in [0.2, 0.25) is 0 Å². The van der Waals surface area contributed by atoms with E-state index in [0.717, 1.165) is 32.1 Å². The van der Waals surface area contributed by atoms with Crippen LogP contribution in [0.25, 0.3) is 0 Å². The van der Waals surface area contributed by atoms with Gasteiger partial charge in [0, 0.05) is 0 Å². The minimum absolute atomic E-state index is 0.00644. The summed E-state index contributed by atoms with van der Waals surface area (Å²) >= 11 is 0. The normalized spacial score (nSPS) is 21.4. The van der Waals surface area contributed by atoms with Gasteiger partial charge in [0.2, 0.25) is 0 Å². The first-order chi connectivity index (χ1) is 14.4. The maximum Gasteiger partial charge on any atom is 0.309 e. The van der Waals surface area contributed by atoms with Crippen LogP contribution in [0, 0.1) is 23.7 Å². The van der Waals surface area contributed by atoms with E-state index in [1.807, 2.05) is 0 Å². The van der Waals surface area contributed by atoms with Crippen molar-refractivity contribution in [1.29, 1.82) is 0 Å². The van der Waals surface area contributed by atoms with Crippen molar-refractivity contribution >= 4 is 11.9 Å². The Kier molecular flexibility index (Phi) is 14.1. The van der Waals surface area contributed by atoms with Gasteiger partial charge >= 0.3 is 11.9 Å². The number of carbonyl (C=O) groups is 2. The number of carbonyl (C=O) groups excluding carboxylic acids is 1. The third kappa shape index (κ3) is 11.4. The predicted molar refractivity (Wildman–Crippen MR) is 123 cm³/mol. The highest BCUT2D eigenvalue weighted by atomic mass is 16.5. The van der Waals surface area contributed by atoms with Crippen LogP contribution in [0.5, 0.6) is 0 Å². The fraction of sp³-hybridized carbons (Fsp3) is 0.923. The Hall–Kier alpha value is -1.06. The number of hydrogen-bond donors (Lipinski definition) is 1. The second-order valence-corrected chi connectivity index (χ2v) is 10.0. The molecule has 0 aromatic carbocycles. The summed E-state index contributed by atoms with van der Waals surface area (Å²) < 4.78 is 6.08. The Morgan fingerprint density at radius 3 is 2.20 bits per heavy atom. The summed E-state index contributed by atoms with van der Waals surface area (Å²) in [5, 5.41) is 9.34. The first-order valence-corrected chi connectivity index (χ1v) is 12.8. The van der Waals surface area contributed by atoms with E-state index in [1.54, 1.807) is 0 Å². The molecule has 0 spiro atoms. The number of carboxylic acid groups (broad SMARTS) is 1. The van der Waals surface area contributed by atoms with E-state index in [-0.39, 0.29) is 23.9 Å². The van der Waals surface area contributed by atoms with E-state index in [4.69, 9.17) is 4.74 Å². The lowest BCUT2D eigenvalue weighted by atomic mass is 9.81. The summed E-state index contributed by atoms with van der Waals surface area (Å²) in [4.78, 5) is 24.3. The molecule has 0 aromatic rings. The minimum Gasteiger partial charge on any atom is -0.481 e. The molecule has 4 unspecified atom stereocenters. The number of carboxylic acids is 1. The first kappa shape index (κ1) is 27.0. The number of unbranched alkanes of at least 4 members (excludes halogenated alkanes) is 3. The molecular formula is C26H48O4. The second kappa shape index (κ2) is 15.7. The Bertz CT molecular complexity index is 474. The van der Waals surface area contributed by atoms with Crippen LogP contribution in [0.1, 0.15) is 124 Å². The van der Waals surface area contributed by atoms with Gasteiger partial charge in [0.05, 0.1) is 11.8 Å². The summed E-state index contributed by atoms with van der Waals surface area (Å²) in [5.74, 6) is -0.189. The van der Waals surface area contributed by atoms with Crippen molar-refractivity contribution < 1.29 is 19.4 Å². The molecule has 1 N–H and O–H groups in total. The van der Waals surface area contributed by atoms with E-state index >= 15 is 0 Å². The molecular weight excluding hydrogens is 376 g/mol. The van der Waals surface area contributed by atoms with Gasteiger partial charge in [-0.3, -0.25) is 9.59 Å². The molecule has 0 amide bonds. The summed E-state index contributed by atoms with van der Waals surface area (Å²) in [6.07, 6.45) is 15.5. The molecule has 0 bridgehead atoms. The SMILES string of the molecule is CCCCCC(CCC)CC(CCCCC(C)C)OC(=O)C1CCCC(C(=O)O)C1. The topological polar surface area (TPSA) is 63.6 Å². The van der Waals surface area contributed by atoms with Crippen molar-refractivity contribution in [3.05, 3.63) is 0 Å². The lowest BCUT2D eigenvalue weighted by molar-refractivity contribution is -0.158. The summed E-state index contributed by atoms with van der Waals surface area (Å²) in [6.45, 7) is 8.99. The maximum atomic E-state index is 12.9. The van der Waals surface area contributed by atoms with Crippen molar-refractivity contribution in [2.75, 3.05) is 0 Å². The Labute approximate surface area is 185 Å². The van der Waals surface area contributed by atoms with Crippen molar-refractivity contribution in [2.24, 2.45) is 23.7 Å². The molecule has 0 heterocycles. The Morgan fingerprint density at radius 2 is 1.57 bits per heavy atom. The highest BCUT2D eigenvalue weighted by Crippen LogP contribution is 2.32. The van der Waals surface area contributed by atoms with E-state index in [0.29, 0.717) is 24.7 Å². The van der Waals surface area contributed by atoms with Gasteiger partial charge in [-0.1, -0.05) is 85.5 Å². The number of ether oxygens (including phenoxy) is 1. The fourth-order valence-electron chi connectivity index (χ4n) is 4.88. The van der Waals surface area contributed by atoms with Gasteiger partial charge in [-0.05, 0) is 50.4 Å². The third-order valence-corrected chi connectivity index (χ3v) is 6.71. The highest BCUT2D eigenvalue weighted by Gasteiger charge is 2.33. The van der Waals surface area contributed by atoms with E-state index < -0.39 is 5.97 Å². The molecule has 30 heavy (non-hydrogen) atoms. The second-order valence-electron chi connectivity index (χ2n) is 10.0. The summed E-state index contributed by atoms with van der Waals surface area (Å²) in [6, 6.07) is 0. The van der Waals surface area contributed by atoms with Crippen LogP contribution >= 0.6 is 0 Å². The summed E-state index contributed by atoms with van der Waals surface area (Å²) in [7, 11) is 0. The van der Waals surface area contributed by atoms with E-state index in [1.165, 1.54) is 51.4 Å². The molecule has 4 atom stereocenters. The van der Waals surface area contributed by atoms with Gasteiger partial charge in [-0.2, -0.15) is 0 Å². The molecule has 1 saturated carbocycles. The molecule has 4 heteroatoms. The number of esters is 1. The van der Waals surface area contributed by atoms with Gasteiger partial charge in [0.15, 0.2) is 0 Å². The quantitative estimate of drug-likeness (QED) is 0.207. The zero-order valence-electron chi connectivity index (χ0n) is 20.2. The molecule has 1 rings (SSSR count). The Balaban J connectivity index is 2.67. The van der Waals surface area contributed by atoms with Crippen molar-refractivity contribution in [3.8, 4) is 0 Å². The molecule has 1 aliphatic rings. The van der Waals surface area contributed by atoms with Gasteiger partial charge in [0.25, 0.3) is 0 Å². The molecule has 1 aliphatic carbocycles. The number of rotatable bonds is 16. The number of aliphatic carboxylic acids is 1. The van der Waals surface area contributed by atoms with Gasteiger partial charge < -0.3 is 9.84 Å². The van der Waals surface area contributed by atoms with Crippen LogP contribution in [0.4, 0.5) is 0 Å². The average molecular weight is 425 g/mol. The molecule has 0 saturated heterocycles. The highest BCUT2D eigenvalue weighted by molar-refractivity contribution is 5.75. The zero-order chi connectivity index (χ0) is 22.4. The largest absolute Gasteiger partial charge is 0.481 e. The van der Waals surface area contributed by atoms with Crippen LogP contribution in [0.3, 0.4) is 0 Å². The molecule has 4 nitrogen and oxygen atoms in total. The van der Waals surface area contributed by atoms with Crippen LogP contribution in [-0.2, 0) is 14.3 Å². The lowest BCUT2D eigenvalue weighted by Crippen LogP contribution is -2.31. The van der Waals surface area contributed by atoms with Gasteiger partial charge in [0.1, 0.15) is 6.10 Å². The van der Waals surface area contributed by atoms with Crippen molar-refractivity contribution in [3.63, 3.8) is 0 Å². The summed E-state index contributed by atoms with van der Waals surface area (Å²) in [5.41, 5.74) is 0. The standard InChI is InChI=1S/C26H48O4/c1-5-7-8-14-21(12-6-2)18-24(17-10-9-13-20(3)4)30-26(29)23-16-11-15-22(19-23)25(27)28/h20-24H,5-19H2,1-4H3,(H,27,28). The average Bonchev–Trinajstić information content (AvgIpc) is 2.71. The monoisotopic (exact) mass is 424 g/mol. The first-order valence-electron chi connectivity index (χ1n) is 12.8. The molecule has 0 radical (unpaired) electrons. The van der Waals surface area contributed by atoms with Crippen molar-refractivity contribution in [1.82, 2.24) is 0 Å². The van der Waals surface area contributed by atoms with E-state index in [2.05, 4.69) is 27.7 Å². The zero-order valence-corrected chi connectivity index (χ0v) is 20.2. The van der Waals surface area contributed by atoms with Crippen LogP contribution in [-0.4, -0.2) is 23.1 Å².